The summed E-state index contributed by atoms with van der Waals surface area (Å²) in [4.78, 5) is 6.56. The second-order valence-electron chi connectivity index (χ2n) is 4.95. The third-order valence-electron chi connectivity index (χ3n) is 3.36. The highest BCUT2D eigenvalue weighted by Crippen LogP contribution is 2.16. The minimum atomic E-state index is 0.509. The lowest BCUT2D eigenvalue weighted by atomic mass is 10.2. The van der Waals surface area contributed by atoms with Gasteiger partial charge in [0.25, 0.3) is 0 Å². The van der Waals surface area contributed by atoms with Gasteiger partial charge in [0.1, 0.15) is 12.4 Å². The average Bonchev–Trinajstić information content (AvgIpc) is 2.72. The summed E-state index contributed by atoms with van der Waals surface area (Å²) in [5.74, 6) is 1.41. The van der Waals surface area contributed by atoms with E-state index in [1.807, 2.05) is 18.2 Å². The van der Waals surface area contributed by atoms with Gasteiger partial charge in [-0.1, -0.05) is 30.5 Å². The summed E-state index contributed by atoms with van der Waals surface area (Å²) < 4.78 is 5.58. The molecule has 0 aliphatic carbocycles. The number of likely N-dealkylation sites (tertiary alicyclic amines) is 1. The van der Waals surface area contributed by atoms with Crippen molar-refractivity contribution in [1.82, 2.24) is 4.90 Å². The molecule has 1 aliphatic rings. The number of ether oxygens (including phenoxy) is 1. The first kappa shape index (κ1) is 15.0. The molecule has 110 valence electrons. The van der Waals surface area contributed by atoms with Crippen molar-refractivity contribution in [1.29, 1.82) is 0 Å². The van der Waals surface area contributed by atoms with Gasteiger partial charge in [-0.05, 0) is 31.0 Å². The van der Waals surface area contributed by atoms with E-state index in [2.05, 4.69) is 9.89 Å². The van der Waals surface area contributed by atoms with Crippen LogP contribution in [0.4, 0.5) is 0 Å². The number of nitrogens with two attached hydrogens (primary N) is 1. The second-order valence-corrected chi connectivity index (χ2v) is 5.38. The average molecular weight is 296 g/mol. The van der Waals surface area contributed by atoms with Crippen molar-refractivity contribution in [3.8, 4) is 5.75 Å². The Morgan fingerprint density at radius 1 is 1.25 bits per heavy atom. The van der Waals surface area contributed by atoms with Crippen LogP contribution in [0.2, 0.25) is 5.02 Å². The van der Waals surface area contributed by atoms with E-state index < -0.39 is 0 Å². The van der Waals surface area contributed by atoms with Gasteiger partial charge < -0.3 is 15.4 Å². The molecule has 1 heterocycles. The summed E-state index contributed by atoms with van der Waals surface area (Å²) in [5, 5.41) is 0.676. The van der Waals surface area contributed by atoms with E-state index in [9.17, 15) is 0 Å². The van der Waals surface area contributed by atoms with Crippen LogP contribution in [0.3, 0.4) is 0 Å². The smallest absolute Gasteiger partial charge is 0.191 e. The molecule has 4 nitrogen and oxygen atoms in total. The molecule has 0 bridgehead atoms. The lowest BCUT2D eigenvalue weighted by molar-refractivity contribution is 0.327. The zero-order chi connectivity index (χ0) is 14.2. The maximum atomic E-state index is 6.02. The molecular formula is C15H22ClN3O. The summed E-state index contributed by atoms with van der Waals surface area (Å²) >= 11 is 5.89. The van der Waals surface area contributed by atoms with E-state index in [1.165, 1.54) is 25.7 Å². The third-order valence-corrected chi connectivity index (χ3v) is 3.60. The standard InChI is InChI=1S/C15H22ClN3O/c16-13-6-5-7-14(12-13)20-11-8-18-15(17)19-9-3-1-2-4-10-19/h5-7,12H,1-4,8-11H2,(H2,17,18). The van der Waals surface area contributed by atoms with Crippen molar-refractivity contribution in [3.63, 3.8) is 0 Å². The molecule has 1 aromatic rings. The number of rotatable bonds is 4. The number of guanidine groups is 1. The lowest BCUT2D eigenvalue weighted by Gasteiger charge is -2.21. The summed E-state index contributed by atoms with van der Waals surface area (Å²) in [6.07, 6.45) is 4.99. The Kier molecular flexibility index (Phi) is 5.99. The molecule has 1 aromatic carbocycles. The molecule has 1 saturated heterocycles. The molecule has 0 atom stereocenters. The van der Waals surface area contributed by atoms with Gasteiger partial charge in [0.2, 0.25) is 0 Å². The zero-order valence-corrected chi connectivity index (χ0v) is 12.5. The van der Waals surface area contributed by atoms with E-state index in [4.69, 9.17) is 22.1 Å². The first-order valence-corrected chi connectivity index (χ1v) is 7.57. The van der Waals surface area contributed by atoms with Crippen molar-refractivity contribution in [2.75, 3.05) is 26.2 Å². The van der Waals surface area contributed by atoms with Crippen LogP contribution in [-0.2, 0) is 0 Å². The first-order chi connectivity index (χ1) is 9.75. The second kappa shape index (κ2) is 8.00. The molecule has 1 aliphatic heterocycles. The fraction of sp³-hybridized carbons (Fsp3) is 0.533. The predicted octanol–water partition coefficient (Wildman–Crippen LogP) is 2.91. The Hall–Kier alpha value is -1.42. The molecule has 0 saturated carbocycles. The van der Waals surface area contributed by atoms with Crippen LogP contribution in [0, 0.1) is 0 Å². The van der Waals surface area contributed by atoms with Crippen molar-refractivity contribution >= 4 is 17.6 Å². The Morgan fingerprint density at radius 3 is 2.70 bits per heavy atom. The van der Waals surface area contributed by atoms with Gasteiger partial charge in [0.15, 0.2) is 5.96 Å². The van der Waals surface area contributed by atoms with Gasteiger partial charge in [-0.2, -0.15) is 0 Å². The van der Waals surface area contributed by atoms with E-state index in [-0.39, 0.29) is 0 Å². The quantitative estimate of drug-likeness (QED) is 0.528. The largest absolute Gasteiger partial charge is 0.492 e. The Morgan fingerprint density at radius 2 is 2.00 bits per heavy atom. The molecule has 0 amide bonds. The highest BCUT2D eigenvalue weighted by atomic mass is 35.5. The molecule has 0 aromatic heterocycles. The van der Waals surface area contributed by atoms with Crippen molar-refractivity contribution in [3.05, 3.63) is 29.3 Å². The third kappa shape index (κ3) is 4.93. The number of aliphatic imine (C=N–C) groups is 1. The molecule has 0 radical (unpaired) electrons. The van der Waals surface area contributed by atoms with E-state index in [0.29, 0.717) is 24.1 Å². The molecule has 20 heavy (non-hydrogen) atoms. The van der Waals surface area contributed by atoms with Crippen molar-refractivity contribution in [2.45, 2.75) is 25.7 Å². The van der Waals surface area contributed by atoms with E-state index in [1.54, 1.807) is 6.07 Å². The van der Waals surface area contributed by atoms with Gasteiger partial charge >= 0.3 is 0 Å². The molecule has 2 rings (SSSR count). The van der Waals surface area contributed by atoms with Crippen LogP contribution >= 0.6 is 11.6 Å². The lowest BCUT2D eigenvalue weighted by Crippen LogP contribution is -2.38. The van der Waals surface area contributed by atoms with Gasteiger partial charge in [0, 0.05) is 18.1 Å². The Balaban J connectivity index is 1.74. The topological polar surface area (TPSA) is 50.9 Å². The van der Waals surface area contributed by atoms with E-state index in [0.717, 1.165) is 18.8 Å². The molecule has 0 unspecified atom stereocenters. The molecular weight excluding hydrogens is 274 g/mol. The van der Waals surface area contributed by atoms with Crippen LogP contribution in [0.5, 0.6) is 5.75 Å². The molecule has 1 fully saturated rings. The van der Waals surface area contributed by atoms with Crippen LogP contribution in [0.1, 0.15) is 25.7 Å². The van der Waals surface area contributed by atoms with Crippen LogP contribution in [0.15, 0.2) is 29.3 Å². The minimum Gasteiger partial charge on any atom is -0.492 e. The van der Waals surface area contributed by atoms with Gasteiger partial charge in [0.05, 0.1) is 6.54 Å². The maximum Gasteiger partial charge on any atom is 0.191 e. The number of nitrogens with zero attached hydrogens (tertiary/aromatic N) is 2. The molecule has 5 heteroatoms. The highest BCUT2D eigenvalue weighted by Gasteiger charge is 2.10. The monoisotopic (exact) mass is 295 g/mol. The van der Waals surface area contributed by atoms with Crippen molar-refractivity contribution < 1.29 is 4.74 Å². The van der Waals surface area contributed by atoms with Crippen molar-refractivity contribution in [2.24, 2.45) is 10.7 Å². The highest BCUT2D eigenvalue weighted by molar-refractivity contribution is 6.30. The van der Waals surface area contributed by atoms with E-state index >= 15 is 0 Å². The molecule has 2 N–H and O–H groups in total. The molecule has 0 spiro atoms. The fourth-order valence-electron chi connectivity index (χ4n) is 2.28. The van der Waals surface area contributed by atoms with Crippen LogP contribution < -0.4 is 10.5 Å². The van der Waals surface area contributed by atoms with Gasteiger partial charge in [-0.15, -0.1) is 0 Å². The predicted molar refractivity (Wildman–Crippen MR) is 83.5 cm³/mol. The number of halogens is 1. The summed E-state index contributed by atoms with van der Waals surface area (Å²) in [7, 11) is 0. The maximum absolute atomic E-state index is 6.02. The minimum absolute atomic E-state index is 0.509. The summed E-state index contributed by atoms with van der Waals surface area (Å²) in [5.41, 5.74) is 6.02. The number of hydrogen-bond donors (Lipinski definition) is 1. The summed E-state index contributed by atoms with van der Waals surface area (Å²) in [6.45, 7) is 3.11. The van der Waals surface area contributed by atoms with Crippen LogP contribution in [0.25, 0.3) is 0 Å². The Labute approximate surface area is 125 Å². The van der Waals surface area contributed by atoms with Gasteiger partial charge in [-0.3, -0.25) is 0 Å². The SMILES string of the molecule is NC(=NCCOc1cccc(Cl)c1)N1CCCCCC1. The normalized spacial score (nSPS) is 16.9. The van der Waals surface area contributed by atoms with Gasteiger partial charge in [-0.25, -0.2) is 4.99 Å². The fourth-order valence-corrected chi connectivity index (χ4v) is 2.46. The number of hydrogen-bond acceptors (Lipinski definition) is 2. The van der Waals surface area contributed by atoms with Crippen LogP contribution in [-0.4, -0.2) is 37.1 Å². The summed E-state index contributed by atoms with van der Waals surface area (Å²) in [6, 6.07) is 7.37. The first-order valence-electron chi connectivity index (χ1n) is 7.19. The number of benzene rings is 1. The zero-order valence-electron chi connectivity index (χ0n) is 11.7. The Bertz CT molecular complexity index is 442.